The average molecular weight is 351 g/mol. The van der Waals surface area contributed by atoms with Crippen molar-refractivity contribution in [3.8, 4) is 0 Å². The summed E-state index contributed by atoms with van der Waals surface area (Å²) < 4.78 is 19.2. The summed E-state index contributed by atoms with van der Waals surface area (Å²) in [4.78, 5) is 11.6. The maximum absolute atomic E-state index is 13.7. The van der Waals surface area contributed by atoms with E-state index in [4.69, 9.17) is 5.73 Å². The van der Waals surface area contributed by atoms with Crippen molar-refractivity contribution in [3.63, 3.8) is 0 Å². The second-order valence-electron chi connectivity index (χ2n) is 4.36. The molecule has 2 N–H and O–H groups in total. The first-order valence-electron chi connectivity index (χ1n) is 5.09. The monoisotopic (exact) mass is 351 g/mol. The third-order valence-corrected chi connectivity index (χ3v) is 3.45. The molecule has 0 aliphatic heterocycles. The van der Waals surface area contributed by atoms with Gasteiger partial charge in [-0.3, -0.25) is 4.79 Å². The van der Waals surface area contributed by atoms with Gasteiger partial charge in [-0.25, -0.2) is 4.39 Å². The van der Waals surface area contributed by atoms with Gasteiger partial charge in [0.25, 0.3) is 0 Å². The van der Waals surface area contributed by atoms with E-state index < -0.39 is 23.2 Å². The Kier molecular flexibility index (Phi) is 4.48. The van der Waals surface area contributed by atoms with Crippen LogP contribution in [0.2, 0.25) is 0 Å². The SMILES string of the molecule is COC(=O)C(C)(C)[C@H](N)c1cc(I)ccc1F. The average Bonchev–Trinajstić information content (AvgIpc) is 2.30. The Balaban J connectivity index is 3.15. The second kappa shape index (κ2) is 5.30. The van der Waals surface area contributed by atoms with Gasteiger partial charge in [0.15, 0.2) is 0 Å². The van der Waals surface area contributed by atoms with Crippen LogP contribution in [0.5, 0.6) is 0 Å². The van der Waals surface area contributed by atoms with Gasteiger partial charge in [0.2, 0.25) is 0 Å². The van der Waals surface area contributed by atoms with E-state index in [1.807, 2.05) is 0 Å². The molecule has 0 saturated carbocycles. The van der Waals surface area contributed by atoms with Gasteiger partial charge in [-0.05, 0) is 54.6 Å². The van der Waals surface area contributed by atoms with Crippen LogP contribution in [-0.4, -0.2) is 13.1 Å². The maximum atomic E-state index is 13.7. The number of nitrogens with two attached hydrogens (primary N) is 1. The number of methoxy groups -OCH3 is 1. The normalized spacial score (nSPS) is 13.3. The van der Waals surface area contributed by atoms with E-state index in [-0.39, 0.29) is 0 Å². The molecule has 0 radical (unpaired) electrons. The van der Waals surface area contributed by atoms with Gasteiger partial charge in [0, 0.05) is 15.2 Å². The van der Waals surface area contributed by atoms with Crippen molar-refractivity contribution < 1.29 is 13.9 Å². The fraction of sp³-hybridized carbons (Fsp3) is 0.417. The first-order chi connectivity index (χ1) is 7.80. The lowest BCUT2D eigenvalue weighted by Crippen LogP contribution is -2.37. The molecule has 5 heteroatoms. The van der Waals surface area contributed by atoms with Crippen molar-refractivity contribution >= 4 is 28.6 Å². The van der Waals surface area contributed by atoms with Gasteiger partial charge >= 0.3 is 5.97 Å². The number of carbonyl (C=O) groups excluding carboxylic acids is 1. The molecule has 3 nitrogen and oxygen atoms in total. The van der Waals surface area contributed by atoms with Crippen LogP contribution in [0, 0.1) is 14.8 Å². The number of esters is 1. The van der Waals surface area contributed by atoms with E-state index in [0.29, 0.717) is 5.56 Å². The van der Waals surface area contributed by atoms with Gasteiger partial charge < -0.3 is 10.5 Å². The number of halogens is 2. The molecule has 1 aromatic rings. The van der Waals surface area contributed by atoms with Crippen LogP contribution in [0.25, 0.3) is 0 Å². The highest BCUT2D eigenvalue weighted by atomic mass is 127. The smallest absolute Gasteiger partial charge is 0.313 e. The summed E-state index contributed by atoms with van der Waals surface area (Å²) >= 11 is 2.07. The lowest BCUT2D eigenvalue weighted by atomic mass is 9.81. The molecular formula is C12H15FINO2. The van der Waals surface area contributed by atoms with Crippen molar-refractivity contribution in [1.29, 1.82) is 0 Å². The molecule has 0 aliphatic carbocycles. The minimum absolute atomic E-state index is 0.326. The lowest BCUT2D eigenvalue weighted by molar-refractivity contribution is -0.152. The van der Waals surface area contributed by atoms with Crippen molar-refractivity contribution in [2.45, 2.75) is 19.9 Å². The zero-order valence-electron chi connectivity index (χ0n) is 9.96. The molecule has 0 saturated heterocycles. The molecule has 0 heterocycles. The first-order valence-corrected chi connectivity index (χ1v) is 6.17. The van der Waals surface area contributed by atoms with E-state index in [9.17, 15) is 9.18 Å². The fourth-order valence-corrected chi connectivity index (χ4v) is 2.05. The molecule has 1 aromatic carbocycles. The Bertz CT molecular complexity index is 435. The van der Waals surface area contributed by atoms with Gasteiger partial charge in [-0.1, -0.05) is 0 Å². The van der Waals surface area contributed by atoms with Crippen LogP contribution < -0.4 is 5.73 Å². The van der Waals surface area contributed by atoms with E-state index in [1.165, 1.54) is 13.2 Å². The predicted octanol–water partition coefficient (Wildman–Crippen LogP) is 2.63. The van der Waals surface area contributed by atoms with Gasteiger partial charge in [-0.2, -0.15) is 0 Å². The minimum atomic E-state index is -0.972. The second-order valence-corrected chi connectivity index (χ2v) is 5.60. The molecule has 1 rings (SSSR count). The van der Waals surface area contributed by atoms with Gasteiger partial charge in [0.1, 0.15) is 5.82 Å². The summed E-state index contributed by atoms with van der Waals surface area (Å²) in [6, 6.07) is 3.90. The third kappa shape index (κ3) is 2.95. The Hall–Kier alpha value is -0.690. The van der Waals surface area contributed by atoms with Crippen LogP contribution in [-0.2, 0) is 9.53 Å². The summed E-state index contributed by atoms with van der Waals surface area (Å²) in [7, 11) is 1.29. The first kappa shape index (κ1) is 14.4. The summed E-state index contributed by atoms with van der Waals surface area (Å²) in [6.07, 6.45) is 0. The molecule has 0 aliphatic rings. The zero-order chi connectivity index (χ0) is 13.2. The molecule has 0 amide bonds. The number of benzene rings is 1. The molecule has 0 unspecified atom stereocenters. The number of hydrogen-bond acceptors (Lipinski definition) is 3. The van der Waals surface area contributed by atoms with Crippen molar-refractivity contribution in [3.05, 3.63) is 33.1 Å². The number of carbonyl (C=O) groups is 1. The van der Waals surface area contributed by atoms with Gasteiger partial charge in [0.05, 0.1) is 12.5 Å². The molecule has 0 spiro atoms. The van der Waals surface area contributed by atoms with E-state index in [0.717, 1.165) is 3.57 Å². The molecule has 17 heavy (non-hydrogen) atoms. The quantitative estimate of drug-likeness (QED) is 0.673. The molecule has 94 valence electrons. The van der Waals surface area contributed by atoms with Crippen molar-refractivity contribution in [2.75, 3.05) is 7.11 Å². The number of rotatable bonds is 3. The Morgan fingerprint density at radius 3 is 2.65 bits per heavy atom. The third-order valence-electron chi connectivity index (χ3n) is 2.78. The molecule has 0 fully saturated rings. The van der Waals surface area contributed by atoms with E-state index in [1.54, 1.807) is 26.0 Å². The van der Waals surface area contributed by atoms with Crippen LogP contribution in [0.15, 0.2) is 18.2 Å². The molecule has 1 atom stereocenters. The Morgan fingerprint density at radius 2 is 2.12 bits per heavy atom. The molecule has 0 bridgehead atoms. The Morgan fingerprint density at radius 1 is 1.53 bits per heavy atom. The van der Waals surface area contributed by atoms with E-state index >= 15 is 0 Å². The highest BCUT2D eigenvalue weighted by Crippen LogP contribution is 2.34. The van der Waals surface area contributed by atoms with Crippen molar-refractivity contribution in [2.24, 2.45) is 11.1 Å². The maximum Gasteiger partial charge on any atom is 0.313 e. The summed E-state index contributed by atoms with van der Waals surface area (Å²) in [5.41, 5.74) is 5.33. The highest BCUT2D eigenvalue weighted by Gasteiger charge is 2.37. The summed E-state index contributed by atoms with van der Waals surface area (Å²) in [5, 5.41) is 0. The van der Waals surface area contributed by atoms with Gasteiger partial charge in [-0.15, -0.1) is 0 Å². The fourth-order valence-electron chi connectivity index (χ4n) is 1.53. The lowest BCUT2D eigenvalue weighted by Gasteiger charge is -2.29. The molecule has 0 aromatic heterocycles. The minimum Gasteiger partial charge on any atom is -0.469 e. The van der Waals surface area contributed by atoms with Crippen molar-refractivity contribution in [1.82, 2.24) is 0 Å². The van der Waals surface area contributed by atoms with Crippen LogP contribution >= 0.6 is 22.6 Å². The largest absolute Gasteiger partial charge is 0.469 e. The van der Waals surface area contributed by atoms with Crippen LogP contribution in [0.4, 0.5) is 4.39 Å². The van der Waals surface area contributed by atoms with Crippen LogP contribution in [0.3, 0.4) is 0 Å². The summed E-state index contributed by atoms with van der Waals surface area (Å²) in [6.45, 7) is 3.28. The standard InChI is InChI=1S/C12H15FINO2/c1-12(2,11(16)17-3)10(15)8-6-7(14)4-5-9(8)13/h4-6,10H,15H2,1-3H3/t10-/m1/s1. The highest BCUT2D eigenvalue weighted by molar-refractivity contribution is 14.1. The zero-order valence-corrected chi connectivity index (χ0v) is 12.1. The van der Waals surface area contributed by atoms with Crippen LogP contribution in [0.1, 0.15) is 25.5 Å². The number of ether oxygens (including phenoxy) is 1. The van der Waals surface area contributed by atoms with E-state index in [2.05, 4.69) is 27.3 Å². The predicted molar refractivity (Wildman–Crippen MR) is 71.8 cm³/mol. The Labute approximate surface area is 114 Å². The number of hydrogen-bond donors (Lipinski definition) is 1. The topological polar surface area (TPSA) is 52.3 Å². The molecular weight excluding hydrogens is 336 g/mol. The summed E-state index contributed by atoms with van der Waals surface area (Å²) in [5.74, 6) is -0.863.